The third kappa shape index (κ3) is 4.70. The van der Waals surface area contributed by atoms with Gasteiger partial charge in [0, 0.05) is 36.6 Å². The molecule has 31 heavy (non-hydrogen) atoms. The lowest BCUT2D eigenvalue weighted by molar-refractivity contribution is -0.120. The second kappa shape index (κ2) is 8.89. The number of anilines is 1. The van der Waals surface area contributed by atoms with Crippen LogP contribution in [0.2, 0.25) is 0 Å². The number of sulfonamides is 1. The van der Waals surface area contributed by atoms with Gasteiger partial charge in [-0.15, -0.1) is 11.3 Å². The minimum atomic E-state index is -3.71. The maximum absolute atomic E-state index is 13.2. The smallest absolute Gasteiger partial charge is 0.252 e. The van der Waals surface area contributed by atoms with Crippen molar-refractivity contribution in [3.05, 3.63) is 47.2 Å². The first-order chi connectivity index (χ1) is 14.9. The molecule has 1 amide bonds. The van der Waals surface area contributed by atoms with Crippen LogP contribution in [-0.4, -0.2) is 41.9 Å². The molecule has 164 valence electrons. The van der Waals surface area contributed by atoms with Crippen LogP contribution in [0.4, 0.5) is 5.69 Å². The van der Waals surface area contributed by atoms with Crippen molar-refractivity contribution in [1.29, 1.82) is 0 Å². The van der Waals surface area contributed by atoms with Gasteiger partial charge in [0.2, 0.25) is 17.6 Å². The number of piperidine rings is 1. The topological polar surface area (TPSA) is 105 Å². The van der Waals surface area contributed by atoms with Crippen molar-refractivity contribution in [1.82, 2.24) is 14.4 Å². The first kappa shape index (κ1) is 21.7. The van der Waals surface area contributed by atoms with Gasteiger partial charge in [0.1, 0.15) is 4.21 Å². The maximum Gasteiger partial charge on any atom is 0.252 e. The summed E-state index contributed by atoms with van der Waals surface area (Å²) in [5.74, 6) is 0.232. The quantitative estimate of drug-likeness (QED) is 0.601. The molecule has 0 spiro atoms. The fourth-order valence-corrected chi connectivity index (χ4v) is 6.44. The number of carbonyl (C=O) groups is 1. The van der Waals surface area contributed by atoms with Crippen LogP contribution < -0.4 is 5.32 Å². The van der Waals surface area contributed by atoms with E-state index in [1.165, 1.54) is 4.31 Å². The first-order valence-corrected chi connectivity index (χ1v) is 12.5. The van der Waals surface area contributed by atoms with Crippen LogP contribution in [0.5, 0.6) is 0 Å². The number of aryl methyl sites for hydroxylation is 2. The molecule has 1 aromatic carbocycles. The molecule has 3 aromatic rings. The highest BCUT2D eigenvalue weighted by Crippen LogP contribution is 2.31. The zero-order valence-corrected chi connectivity index (χ0v) is 19.0. The Bertz CT molecular complexity index is 1190. The molecule has 1 saturated heterocycles. The summed E-state index contributed by atoms with van der Waals surface area (Å²) < 4.78 is 33.0. The van der Waals surface area contributed by atoms with Gasteiger partial charge in [-0.2, -0.15) is 9.29 Å². The van der Waals surface area contributed by atoms with Crippen LogP contribution in [0.25, 0.3) is 11.4 Å². The molecule has 0 aliphatic carbocycles. The molecule has 0 bridgehead atoms. The zero-order chi connectivity index (χ0) is 22.0. The molecular formula is C21H24N4O4S2. The van der Waals surface area contributed by atoms with E-state index in [0.717, 1.165) is 29.0 Å². The van der Waals surface area contributed by atoms with Crippen LogP contribution >= 0.6 is 11.3 Å². The van der Waals surface area contributed by atoms with E-state index in [2.05, 4.69) is 22.4 Å². The number of hydrogen-bond donors (Lipinski definition) is 1. The number of nitrogens with one attached hydrogen (secondary N) is 1. The van der Waals surface area contributed by atoms with Gasteiger partial charge in [-0.3, -0.25) is 4.79 Å². The highest BCUT2D eigenvalue weighted by Gasteiger charge is 2.34. The van der Waals surface area contributed by atoms with E-state index in [4.69, 9.17) is 4.52 Å². The van der Waals surface area contributed by atoms with Crippen LogP contribution in [0, 0.1) is 12.8 Å². The number of amides is 1. The van der Waals surface area contributed by atoms with E-state index in [0.29, 0.717) is 36.7 Å². The summed E-state index contributed by atoms with van der Waals surface area (Å²) in [5.41, 5.74) is 2.47. The monoisotopic (exact) mass is 460 g/mol. The average Bonchev–Trinajstić information content (AvgIpc) is 3.43. The van der Waals surface area contributed by atoms with Gasteiger partial charge >= 0.3 is 0 Å². The molecule has 1 aliphatic rings. The highest BCUT2D eigenvalue weighted by molar-refractivity contribution is 7.91. The molecule has 2 aromatic heterocycles. The van der Waals surface area contributed by atoms with Crippen molar-refractivity contribution >= 4 is 33.0 Å². The molecule has 0 unspecified atom stereocenters. The van der Waals surface area contributed by atoms with E-state index in [-0.39, 0.29) is 16.7 Å². The number of hydrogen-bond acceptors (Lipinski definition) is 7. The van der Waals surface area contributed by atoms with Gasteiger partial charge in [0.05, 0.1) is 5.92 Å². The Morgan fingerprint density at radius 3 is 2.94 bits per heavy atom. The third-order valence-corrected chi connectivity index (χ3v) is 8.59. The Labute approximate surface area is 185 Å². The number of benzene rings is 1. The fraction of sp³-hybridized carbons (Fsp3) is 0.381. The molecule has 1 aliphatic heterocycles. The predicted octanol–water partition coefficient (Wildman–Crippen LogP) is 3.71. The Balaban J connectivity index is 1.47. The van der Waals surface area contributed by atoms with Crippen LogP contribution in [0.1, 0.15) is 31.2 Å². The van der Waals surface area contributed by atoms with Crippen LogP contribution in [0.15, 0.2) is 44.4 Å². The minimum absolute atomic E-state index is 0.151. The van der Waals surface area contributed by atoms with Gasteiger partial charge in [-0.25, -0.2) is 8.42 Å². The molecule has 1 fully saturated rings. The van der Waals surface area contributed by atoms with Gasteiger partial charge in [-0.05, 0) is 43.0 Å². The Hall–Kier alpha value is -2.56. The number of thiophene rings is 1. The summed E-state index contributed by atoms with van der Waals surface area (Å²) in [4.78, 5) is 17.0. The van der Waals surface area contributed by atoms with Gasteiger partial charge in [-0.1, -0.05) is 24.2 Å². The maximum atomic E-state index is 13.2. The lowest BCUT2D eigenvalue weighted by atomic mass is 9.98. The molecule has 0 saturated carbocycles. The van der Waals surface area contributed by atoms with Crippen molar-refractivity contribution in [2.24, 2.45) is 5.92 Å². The Morgan fingerprint density at radius 2 is 2.19 bits per heavy atom. The second-order valence-corrected chi connectivity index (χ2v) is 10.6. The SMILES string of the molecule is CCc1cccc(NC(=O)[C@H]2CCCN(S(=O)(=O)c3cc(-c4noc(C)n4)cs3)C2)c1. The van der Waals surface area contributed by atoms with E-state index in [1.807, 2.05) is 24.3 Å². The molecular weight excluding hydrogens is 436 g/mol. The normalized spacial score (nSPS) is 17.5. The largest absolute Gasteiger partial charge is 0.339 e. The molecule has 4 rings (SSSR count). The van der Waals surface area contributed by atoms with Crippen molar-refractivity contribution < 1.29 is 17.7 Å². The summed E-state index contributed by atoms with van der Waals surface area (Å²) >= 11 is 1.12. The van der Waals surface area contributed by atoms with E-state index in [9.17, 15) is 13.2 Å². The van der Waals surface area contributed by atoms with Crippen molar-refractivity contribution in [3.8, 4) is 11.4 Å². The van der Waals surface area contributed by atoms with Gasteiger partial charge < -0.3 is 9.84 Å². The summed E-state index contributed by atoms with van der Waals surface area (Å²) in [5, 5.41) is 8.48. The minimum Gasteiger partial charge on any atom is -0.339 e. The lowest BCUT2D eigenvalue weighted by Crippen LogP contribution is -2.43. The van der Waals surface area contributed by atoms with Crippen molar-refractivity contribution in [2.45, 2.75) is 37.3 Å². The molecule has 0 radical (unpaired) electrons. The summed E-state index contributed by atoms with van der Waals surface area (Å²) in [6.45, 7) is 4.29. The number of nitrogens with zero attached hydrogens (tertiary/aromatic N) is 3. The lowest BCUT2D eigenvalue weighted by Gasteiger charge is -2.30. The van der Waals surface area contributed by atoms with Crippen LogP contribution in [-0.2, 0) is 21.2 Å². The van der Waals surface area contributed by atoms with Gasteiger partial charge in [0.25, 0.3) is 10.0 Å². The molecule has 3 heterocycles. The highest BCUT2D eigenvalue weighted by atomic mass is 32.2. The number of rotatable bonds is 6. The van der Waals surface area contributed by atoms with E-state index < -0.39 is 15.9 Å². The molecule has 1 atom stereocenters. The summed E-state index contributed by atoms with van der Waals surface area (Å²) in [6.07, 6.45) is 2.17. The van der Waals surface area contributed by atoms with Crippen molar-refractivity contribution in [3.63, 3.8) is 0 Å². The average molecular weight is 461 g/mol. The van der Waals surface area contributed by atoms with Crippen molar-refractivity contribution in [2.75, 3.05) is 18.4 Å². The Kier molecular flexibility index (Phi) is 6.22. The number of aromatic nitrogens is 2. The molecule has 10 heteroatoms. The molecule has 1 N–H and O–H groups in total. The third-order valence-electron chi connectivity index (χ3n) is 5.31. The second-order valence-electron chi connectivity index (χ2n) is 7.54. The van der Waals surface area contributed by atoms with E-state index >= 15 is 0 Å². The standard InChI is InChI=1S/C21H24N4O4S2/c1-3-15-6-4-8-18(10-15)23-21(26)16-7-5-9-25(12-16)31(27,28)19-11-17(13-30-19)20-22-14(2)29-24-20/h4,6,8,10-11,13,16H,3,5,7,9,12H2,1-2H3,(H,23,26)/t16-/m0/s1. The van der Waals surface area contributed by atoms with Crippen LogP contribution in [0.3, 0.4) is 0 Å². The first-order valence-electron chi connectivity index (χ1n) is 10.2. The predicted molar refractivity (Wildman–Crippen MR) is 118 cm³/mol. The number of carbonyl (C=O) groups excluding carboxylic acids is 1. The Morgan fingerprint density at radius 1 is 1.35 bits per heavy atom. The molecule has 8 nitrogen and oxygen atoms in total. The van der Waals surface area contributed by atoms with Gasteiger partial charge in [0.15, 0.2) is 0 Å². The summed E-state index contributed by atoms with van der Waals surface area (Å²) in [7, 11) is -3.71. The summed E-state index contributed by atoms with van der Waals surface area (Å²) in [6, 6.07) is 9.27. The van der Waals surface area contributed by atoms with E-state index in [1.54, 1.807) is 18.4 Å². The fourth-order valence-electron chi connectivity index (χ4n) is 3.60. The zero-order valence-electron chi connectivity index (χ0n) is 17.4.